The topological polar surface area (TPSA) is 55.9 Å². The Balaban J connectivity index is 2.23. The molecule has 0 unspecified atom stereocenters. The third kappa shape index (κ3) is 2.75. The van der Waals surface area contributed by atoms with Gasteiger partial charge in [0.05, 0.1) is 16.9 Å². The van der Waals surface area contributed by atoms with Gasteiger partial charge in [-0.2, -0.15) is 5.10 Å². The number of nitrogens with zero attached hydrogens (tertiary/aromatic N) is 2. The fourth-order valence-corrected chi connectivity index (χ4v) is 1.96. The van der Waals surface area contributed by atoms with E-state index in [0.717, 1.165) is 11.4 Å². The SMILES string of the molecule is Cn1cc(Nc2ccc(C(N)=S)c(Cl)c2)cn1. The van der Waals surface area contributed by atoms with Crippen LogP contribution in [-0.4, -0.2) is 14.8 Å². The zero-order valence-electron chi connectivity index (χ0n) is 9.14. The summed E-state index contributed by atoms with van der Waals surface area (Å²) in [5.74, 6) is 0. The summed E-state index contributed by atoms with van der Waals surface area (Å²) in [6.07, 6.45) is 3.60. The lowest BCUT2D eigenvalue weighted by molar-refractivity contribution is 0.768. The quantitative estimate of drug-likeness (QED) is 0.838. The minimum absolute atomic E-state index is 0.294. The molecule has 0 aliphatic carbocycles. The van der Waals surface area contributed by atoms with Crippen LogP contribution in [0.1, 0.15) is 5.56 Å². The highest BCUT2D eigenvalue weighted by Gasteiger charge is 2.05. The first-order chi connectivity index (χ1) is 8.06. The zero-order chi connectivity index (χ0) is 12.4. The molecule has 2 aromatic rings. The molecule has 6 heteroatoms. The molecule has 17 heavy (non-hydrogen) atoms. The van der Waals surface area contributed by atoms with Crippen LogP contribution in [0.25, 0.3) is 0 Å². The lowest BCUT2D eigenvalue weighted by atomic mass is 10.2. The van der Waals surface area contributed by atoms with Crippen LogP contribution in [0, 0.1) is 0 Å². The summed E-state index contributed by atoms with van der Waals surface area (Å²) >= 11 is 11.0. The van der Waals surface area contributed by atoms with Crippen molar-refractivity contribution in [1.82, 2.24) is 9.78 Å². The molecule has 0 atom stereocenters. The molecular weight excluding hydrogens is 256 g/mol. The number of aryl methyl sites for hydroxylation is 1. The van der Waals surface area contributed by atoms with E-state index < -0.39 is 0 Å². The van der Waals surface area contributed by atoms with Crippen LogP contribution in [0.5, 0.6) is 0 Å². The number of anilines is 2. The largest absolute Gasteiger partial charge is 0.389 e. The summed E-state index contributed by atoms with van der Waals surface area (Å²) in [4.78, 5) is 0.294. The van der Waals surface area contributed by atoms with Gasteiger partial charge in [0.1, 0.15) is 4.99 Å². The summed E-state index contributed by atoms with van der Waals surface area (Å²) in [6, 6.07) is 5.44. The van der Waals surface area contributed by atoms with Crippen molar-refractivity contribution < 1.29 is 0 Å². The summed E-state index contributed by atoms with van der Waals surface area (Å²) in [5, 5.41) is 7.77. The Morgan fingerprint density at radius 2 is 2.24 bits per heavy atom. The van der Waals surface area contributed by atoms with Gasteiger partial charge in [-0.05, 0) is 18.2 Å². The Bertz CT molecular complexity index is 564. The number of thiocarbonyl (C=S) groups is 1. The van der Waals surface area contributed by atoms with Crippen molar-refractivity contribution in [2.24, 2.45) is 12.8 Å². The van der Waals surface area contributed by atoms with E-state index in [-0.39, 0.29) is 0 Å². The molecule has 0 spiro atoms. The van der Waals surface area contributed by atoms with E-state index in [0.29, 0.717) is 15.6 Å². The van der Waals surface area contributed by atoms with Crippen LogP contribution < -0.4 is 11.1 Å². The van der Waals surface area contributed by atoms with Gasteiger partial charge in [-0.1, -0.05) is 23.8 Å². The van der Waals surface area contributed by atoms with Crippen LogP contribution in [0.15, 0.2) is 30.6 Å². The van der Waals surface area contributed by atoms with Gasteiger partial charge in [0.2, 0.25) is 0 Å². The highest BCUT2D eigenvalue weighted by atomic mass is 35.5. The number of halogens is 1. The molecule has 0 radical (unpaired) electrons. The first-order valence-corrected chi connectivity index (χ1v) is 5.70. The zero-order valence-corrected chi connectivity index (χ0v) is 10.7. The van der Waals surface area contributed by atoms with Gasteiger partial charge in [-0.3, -0.25) is 4.68 Å². The average Bonchev–Trinajstić information content (AvgIpc) is 2.63. The van der Waals surface area contributed by atoms with Crippen LogP contribution in [-0.2, 0) is 7.05 Å². The predicted octanol–water partition coefficient (Wildman–Crippen LogP) is 2.45. The van der Waals surface area contributed by atoms with Crippen molar-refractivity contribution >= 4 is 40.2 Å². The van der Waals surface area contributed by atoms with Crippen LogP contribution in [0.4, 0.5) is 11.4 Å². The molecule has 88 valence electrons. The fraction of sp³-hybridized carbons (Fsp3) is 0.0909. The van der Waals surface area contributed by atoms with Gasteiger partial charge in [-0.25, -0.2) is 0 Å². The van der Waals surface area contributed by atoms with Crippen molar-refractivity contribution in [3.05, 3.63) is 41.2 Å². The van der Waals surface area contributed by atoms with E-state index in [1.54, 1.807) is 23.0 Å². The van der Waals surface area contributed by atoms with Crippen molar-refractivity contribution in [3.8, 4) is 0 Å². The van der Waals surface area contributed by atoms with Gasteiger partial charge in [-0.15, -0.1) is 0 Å². The maximum Gasteiger partial charge on any atom is 0.105 e. The van der Waals surface area contributed by atoms with E-state index >= 15 is 0 Å². The third-order valence-corrected chi connectivity index (χ3v) is 2.76. The third-order valence-electron chi connectivity index (χ3n) is 2.23. The second-order valence-electron chi connectivity index (χ2n) is 3.59. The number of rotatable bonds is 3. The second-order valence-corrected chi connectivity index (χ2v) is 4.43. The number of hydrogen-bond acceptors (Lipinski definition) is 3. The normalized spacial score (nSPS) is 10.2. The standard InChI is InChI=1S/C11H11ClN4S/c1-16-6-8(5-14-16)15-7-2-3-9(11(13)17)10(12)4-7/h2-6,15H,1H3,(H2,13,17). The van der Waals surface area contributed by atoms with Crippen LogP contribution in [0.3, 0.4) is 0 Å². The first-order valence-electron chi connectivity index (χ1n) is 4.91. The molecule has 1 aromatic carbocycles. The fourth-order valence-electron chi connectivity index (χ4n) is 1.45. The highest BCUT2D eigenvalue weighted by Crippen LogP contribution is 2.23. The minimum atomic E-state index is 0.294. The number of nitrogens with one attached hydrogen (secondary N) is 1. The summed E-state index contributed by atoms with van der Waals surface area (Å²) in [6.45, 7) is 0. The molecule has 0 amide bonds. The number of nitrogens with two attached hydrogens (primary N) is 1. The molecule has 0 aliphatic heterocycles. The molecule has 1 heterocycles. The molecule has 1 aromatic heterocycles. The van der Waals surface area contributed by atoms with Crippen molar-refractivity contribution in [2.75, 3.05) is 5.32 Å². The van der Waals surface area contributed by atoms with Gasteiger partial charge >= 0.3 is 0 Å². The molecule has 0 aliphatic rings. The Hall–Kier alpha value is -1.59. The second kappa shape index (κ2) is 4.73. The van der Waals surface area contributed by atoms with E-state index in [4.69, 9.17) is 29.6 Å². The van der Waals surface area contributed by atoms with Crippen molar-refractivity contribution in [1.29, 1.82) is 0 Å². The maximum atomic E-state index is 6.07. The first kappa shape index (κ1) is 11.9. The van der Waals surface area contributed by atoms with E-state index in [2.05, 4.69) is 10.4 Å². The lowest BCUT2D eigenvalue weighted by Gasteiger charge is -2.06. The Morgan fingerprint density at radius 1 is 1.47 bits per heavy atom. The van der Waals surface area contributed by atoms with E-state index in [9.17, 15) is 0 Å². The summed E-state index contributed by atoms with van der Waals surface area (Å²) < 4.78 is 1.72. The molecule has 3 N–H and O–H groups in total. The predicted molar refractivity (Wildman–Crippen MR) is 73.8 cm³/mol. The van der Waals surface area contributed by atoms with Crippen LogP contribution >= 0.6 is 23.8 Å². The lowest BCUT2D eigenvalue weighted by Crippen LogP contribution is -2.09. The minimum Gasteiger partial charge on any atom is -0.389 e. The molecule has 0 fully saturated rings. The van der Waals surface area contributed by atoms with Gasteiger partial charge in [0.25, 0.3) is 0 Å². The number of aromatic nitrogens is 2. The number of hydrogen-bond donors (Lipinski definition) is 2. The Morgan fingerprint density at radius 3 is 2.76 bits per heavy atom. The average molecular weight is 267 g/mol. The summed E-state index contributed by atoms with van der Waals surface area (Å²) in [7, 11) is 1.86. The molecule has 2 rings (SSSR count). The molecule has 0 bridgehead atoms. The monoisotopic (exact) mass is 266 g/mol. The smallest absolute Gasteiger partial charge is 0.105 e. The Labute approximate surface area is 109 Å². The highest BCUT2D eigenvalue weighted by molar-refractivity contribution is 7.80. The maximum absolute atomic E-state index is 6.07. The molecule has 0 saturated heterocycles. The van der Waals surface area contributed by atoms with E-state index in [1.165, 1.54) is 0 Å². The van der Waals surface area contributed by atoms with Gasteiger partial charge in [0.15, 0.2) is 0 Å². The molecule has 0 saturated carbocycles. The number of benzene rings is 1. The van der Waals surface area contributed by atoms with Gasteiger partial charge in [0, 0.05) is 24.5 Å². The van der Waals surface area contributed by atoms with E-state index in [1.807, 2.05) is 19.3 Å². The molecule has 4 nitrogen and oxygen atoms in total. The van der Waals surface area contributed by atoms with Gasteiger partial charge < -0.3 is 11.1 Å². The molecular formula is C11H11ClN4S. The van der Waals surface area contributed by atoms with Crippen molar-refractivity contribution in [3.63, 3.8) is 0 Å². The van der Waals surface area contributed by atoms with Crippen molar-refractivity contribution in [2.45, 2.75) is 0 Å². The summed E-state index contributed by atoms with van der Waals surface area (Å²) in [5.41, 5.74) is 7.97. The van der Waals surface area contributed by atoms with Crippen LogP contribution in [0.2, 0.25) is 5.02 Å². The Kier molecular flexibility index (Phi) is 3.31.